The molecule has 4 nitrogen and oxygen atoms in total. The summed E-state index contributed by atoms with van der Waals surface area (Å²) < 4.78 is 24.6. The number of aryl methyl sites for hydroxylation is 2. The fourth-order valence-electron chi connectivity index (χ4n) is 1.63. The van der Waals surface area contributed by atoms with Gasteiger partial charge in [-0.25, -0.2) is 8.78 Å². The van der Waals surface area contributed by atoms with Crippen LogP contribution in [0.4, 0.5) is 13.9 Å². The molecule has 0 radical (unpaired) electrons. The molecule has 0 saturated carbocycles. The van der Waals surface area contributed by atoms with E-state index in [1.807, 2.05) is 19.1 Å². The minimum Gasteiger partial charge on any atom is -0.360 e. The summed E-state index contributed by atoms with van der Waals surface area (Å²) in [6.07, 6.45) is 0.932. The van der Waals surface area contributed by atoms with E-state index in [1.54, 1.807) is 6.20 Å². The van der Waals surface area contributed by atoms with Crippen LogP contribution in [0.2, 0.25) is 0 Å². The van der Waals surface area contributed by atoms with E-state index in [4.69, 9.17) is 0 Å². The summed E-state index contributed by atoms with van der Waals surface area (Å²) in [6.45, 7) is 2.68. The maximum atomic E-state index is 12.3. The van der Waals surface area contributed by atoms with Crippen molar-refractivity contribution in [3.8, 4) is 0 Å². The van der Waals surface area contributed by atoms with E-state index in [-0.39, 0.29) is 5.01 Å². The summed E-state index contributed by atoms with van der Waals surface area (Å²) >= 11 is 0.891. The Balaban J connectivity index is 1.76. The summed E-state index contributed by atoms with van der Waals surface area (Å²) in [6, 6.07) is 3.93. The van der Waals surface area contributed by atoms with Crippen LogP contribution in [0.25, 0.3) is 0 Å². The average Bonchev–Trinajstić information content (AvgIpc) is 2.85. The highest BCUT2D eigenvalue weighted by molar-refractivity contribution is 7.15. The SMILES string of the molecule is Cc1cccnc1CCCNc1nnc(C(F)F)s1. The van der Waals surface area contributed by atoms with Crippen molar-refractivity contribution in [2.75, 3.05) is 11.9 Å². The molecule has 2 aromatic rings. The summed E-state index contributed by atoms with van der Waals surface area (Å²) in [7, 11) is 0. The van der Waals surface area contributed by atoms with Gasteiger partial charge in [0.15, 0.2) is 5.01 Å². The number of hydrogen-bond acceptors (Lipinski definition) is 5. The standard InChI is InChI=1S/C12H14F2N4S/c1-8-4-2-6-15-9(8)5-3-7-16-12-18-17-11(19-12)10(13)14/h2,4,6,10H,3,5,7H2,1H3,(H,16,18). The van der Waals surface area contributed by atoms with E-state index in [0.717, 1.165) is 29.9 Å². The molecule has 2 heterocycles. The third-order valence-corrected chi connectivity index (χ3v) is 3.50. The first-order valence-electron chi connectivity index (χ1n) is 5.92. The summed E-state index contributed by atoms with van der Waals surface area (Å²) in [5.74, 6) is 0. The van der Waals surface area contributed by atoms with Crippen molar-refractivity contribution < 1.29 is 8.78 Å². The highest BCUT2D eigenvalue weighted by Gasteiger charge is 2.13. The second-order valence-corrected chi connectivity index (χ2v) is 5.05. The van der Waals surface area contributed by atoms with Gasteiger partial charge in [0.1, 0.15) is 0 Å². The van der Waals surface area contributed by atoms with Crippen molar-refractivity contribution in [3.63, 3.8) is 0 Å². The lowest BCUT2D eigenvalue weighted by Crippen LogP contribution is -2.04. The van der Waals surface area contributed by atoms with Gasteiger partial charge in [-0.2, -0.15) is 0 Å². The third-order valence-electron chi connectivity index (χ3n) is 2.61. The van der Waals surface area contributed by atoms with E-state index in [9.17, 15) is 8.78 Å². The van der Waals surface area contributed by atoms with Gasteiger partial charge in [0.25, 0.3) is 6.43 Å². The van der Waals surface area contributed by atoms with Crippen LogP contribution in [0.15, 0.2) is 18.3 Å². The van der Waals surface area contributed by atoms with E-state index >= 15 is 0 Å². The number of nitrogens with zero attached hydrogens (tertiary/aromatic N) is 3. The molecule has 0 aromatic carbocycles. The summed E-state index contributed by atoms with van der Waals surface area (Å²) in [5, 5.41) is 10.3. The fraction of sp³-hybridized carbons (Fsp3) is 0.417. The molecule has 0 amide bonds. The first-order chi connectivity index (χ1) is 9.16. The predicted octanol–water partition coefficient (Wildman–Crippen LogP) is 3.22. The number of halogens is 2. The van der Waals surface area contributed by atoms with E-state index in [0.29, 0.717) is 11.7 Å². The minimum absolute atomic E-state index is 0.247. The molecule has 0 atom stereocenters. The molecule has 102 valence electrons. The van der Waals surface area contributed by atoms with Gasteiger partial charge in [-0.1, -0.05) is 17.4 Å². The summed E-state index contributed by atoms with van der Waals surface area (Å²) in [4.78, 5) is 4.30. The lowest BCUT2D eigenvalue weighted by atomic mass is 10.1. The lowest BCUT2D eigenvalue weighted by Gasteiger charge is -2.04. The predicted molar refractivity (Wildman–Crippen MR) is 70.7 cm³/mol. The first-order valence-corrected chi connectivity index (χ1v) is 6.74. The van der Waals surface area contributed by atoms with Crippen LogP contribution in [-0.2, 0) is 6.42 Å². The number of nitrogens with one attached hydrogen (secondary N) is 1. The van der Waals surface area contributed by atoms with Gasteiger partial charge in [-0.3, -0.25) is 4.98 Å². The van der Waals surface area contributed by atoms with Crippen molar-refractivity contribution in [2.24, 2.45) is 0 Å². The molecule has 0 bridgehead atoms. The topological polar surface area (TPSA) is 50.7 Å². The maximum Gasteiger partial charge on any atom is 0.291 e. The molecule has 2 rings (SSSR count). The molecular formula is C12H14F2N4S. The van der Waals surface area contributed by atoms with Crippen LogP contribution in [-0.4, -0.2) is 21.7 Å². The highest BCUT2D eigenvalue weighted by Crippen LogP contribution is 2.24. The van der Waals surface area contributed by atoms with Gasteiger partial charge >= 0.3 is 0 Å². The zero-order valence-corrected chi connectivity index (χ0v) is 11.3. The van der Waals surface area contributed by atoms with Crippen molar-refractivity contribution >= 4 is 16.5 Å². The zero-order valence-electron chi connectivity index (χ0n) is 10.4. The number of alkyl halides is 2. The Bertz CT molecular complexity index is 530. The second kappa shape index (κ2) is 6.51. The Morgan fingerprint density at radius 3 is 2.89 bits per heavy atom. The molecule has 7 heteroatoms. The molecule has 0 saturated heterocycles. The second-order valence-electron chi connectivity index (χ2n) is 4.04. The normalized spacial score (nSPS) is 10.9. The van der Waals surface area contributed by atoms with Crippen molar-refractivity contribution in [3.05, 3.63) is 34.6 Å². The van der Waals surface area contributed by atoms with Crippen LogP contribution >= 0.6 is 11.3 Å². The van der Waals surface area contributed by atoms with Gasteiger partial charge < -0.3 is 5.32 Å². The van der Waals surface area contributed by atoms with Gasteiger partial charge in [0, 0.05) is 18.4 Å². The minimum atomic E-state index is -2.55. The molecule has 0 fully saturated rings. The molecular weight excluding hydrogens is 270 g/mol. The lowest BCUT2D eigenvalue weighted by molar-refractivity contribution is 0.150. The molecule has 0 unspecified atom stereocenters. The quantitative estimate of drug-likeness (QED) is 0.827. The fourth-order valence-corrected chi connectivity index (χ4v) is 2.25. The first kappa shape index (κ1) is 13.8. The third kappa shape index (κ3) is 3.92. The molecule has 0 aliphatic rings. The molecule has 2 aromatic heterocycles. The Hall–Kier alpha value is -1.63. The average molecular weight is 284 g/mol. The Morgan fingerprint density at radius 1 is 1.37 bits per heavy atom. The van der Waals surface area contributed by atoms with Crippen molar-refractivity contribution in [2.45, 2.75) is 26.2 Å². The van der Waals surface area contributed by atoms with Gasteiger partial charge in [0.05, 0.1) is 0 Å². The van der Waals surface area contributed by atoms with Crippen LogP contribution < -0.4 is 5.32 Å². The van der Waals surface area contributed by atoms with Gasteiger partial charge in [-0.15, -0.1) is 10.2 Å². The van der Waals surface area contributed by atoms with Gasteiger partial charge in [-0.05, 0) is 31.4 Å². The molecule has 0 spiro atoms. The zero-order chi connectivity index (χ0) is 13.7. The number of rotatable bonds is 6. The monoisotopic (exact) mass is 284 g/mol. The van der Waals surface area contributed by atoms with Crippen LogP contribution in [0.5, 0.6) is 0 Å². The smallest absolute Gasteiger partial charge is 0.291 e. The molecule has 19 heavy (non-hydrogen) atoms. The molecule has 0 aliphatic heterocycles. The highest BCUT2D eigenvalue weighted by atomic mass is 32.1. The number of anilines is 1. The Kier molecular flexibility index (Phi) is 4.73. The van der Waals surface area contributed by atoms with Crippen LogP contribution in [0.1, 0.15) is 29.1 Å². The van der Waals surface area contributed by atoms with Crippen molar-refractivity contribution in [1.29, 1.82) is 0 Å². The largest absolute Gasteiger partial charge is 0.360 e. The van der Waals surface area contributed by atoms with Crippen LogP contribution in [0.3, 0.4) is 0 Å². The number of pyridine rings is 1. The number of aromatic nitrogens is 3. The Morgan fingerprint density at radius 2 is 2.21 bits per heavy atom. The van der Waals surface area contributed by atoms with E-state index in [2.05, 4.69) is 20.5 Å². The molecule has 1 N–H and O–H groups in total. The van der Waals surface area contributed by atoms with Crippen molar-refractivity contribution in [1.82, 2.24) is 15.2 Å². The van der Waals surface area contributed by atoms with E-state index < -0.39 is 6.43 Å². The molecule has 0 aliphatic carbocycles. The van der Waals surface area contributed by atoms with Gasteiger partial charge in [0.2, 0.25) is 5.13 Å². The maximum absolute atomic E-state index is 12.3. The number of hydrogen-bond donors (Lipinski definition) is 1. The van der Waals surface area contributed by atoms with E-state index in [1.165, 1.54) is 5.56 Å². The Labute approximate surface area is 113 Å². The summed E-state index contributed by atoms with van der Waals surface area (Å²) in [5.41, 5.74) is 2.23. The van der Waals surface area contributed by atoms with Crippen LogP contribution in [0, 0.1) is 6.92 Å².